The number of rotatable bonds is 5. The number of anilines is 1. The van der Waals surface area contributed by atoms with Crippen molar-refractivity contribution in [1.29, 1.82) is 0 Å². The Hall–Kier alpha value is -0.690. The fourth-order valence-corrected chi connectivity index (χ4v) is 2.80. The lowest BCUT2D eigenvalue weighted by atomic mass is 10.4. The van der Waals surface area contributed by atoms with Gasteiger partial charge in [0.2, 0.25) is 10.0 Å². The van der Waals surface area contributed by atoms with Crippen LogP contribution in [0.15, 0.2) is 16.7 Å². The fraction of sp³-hybridized carbons (Fsp3) is 0.444. The molecule has 0 saturated carbocycles. The molecule has 0 unspecified atom stereocenters. The lowest BCUT2D eigenvalue weighted by Gasteiger charge is -2.07. The van der Waals surface area contributed by atoms with E-state index in [4.69, 9.17) is 0 Å². The highest BCUT2D eigenvalue weighted by molar-refractivity contribution is 9.10. The standard InChI is InChI=1S/C9H12BrFN2O2S/c1-2-3-4-16(14,15)13-9-8(10)5-7(11)6-12-9/h5-6H,2-4H2,1H3,(H,12,13). The Kier molecular flexibility index (Phi) is 4.67. The number of aromatic nitrogens is 1. The summed E-state index contributed by atoms with van der Waals surface area (Å²) in [7, 11) is -3.40. The summed E-state index contributed by atoms with van der Waals surface area (Å²) < 4.78 is 38.4. The summed E-state index contributed by atoms with van der Waals surface area (Å²) in [5.74, 6) is -0.379. The number of halogens is 2. The molecule has 0 amide bonds. The maximum absolute atomic E-state index is 12.7. The van der Waals surface area contributed by atoms with Gasteiger partial charge in [-0.05, 0) is 28.4 Å². The van der Waals surface area contributed by atoms with Crippen molar-refractivity contribution < 1.29 is 12.8 Å². The van der Waals surface area contributed by atoms with Crippen molar-refractivity contribution in [3.8, 4) is 0 Å². The Labute approximate surface area is 102 Å². The van der Waals surface area contributed by atoms with Crippen LogP contribution in [0.3, 0.4) is 0 Å². The van der Waals surface area contributed by atoms with E-state index in [0.717, 1.165) is 18.7 Å². The van der Waals surface area contributed by atoms with E-state index in [-0.39, 0.29) is 16.0 Å². The van der Waals surface area contributed by atoms with E-state index in [1.165, 1.54) is 0 Å². The molecular weight excluding hydrogens is 299 g/mol. The highest BCUT2D eigenvalue weighted by atomic mass is 79.9. The molecule has 4 nitrogen and oxygen atoms in total. The zero-order valence-corrected chi connectivity index (χ0v) is 11.1. The molecule has 0 aliphatic heterocycles. The minimum atomic E-state index is -3.40. The first-order valence-electron chi connectivity index (χ1n) is 4.76. The van der Waals surface area contributed by atoms with Gasteiger partial charge in [0.25, 0.3) is 0 Å². The zero-order valence-electron chi connectivity index (χ0n) is 8.70. The number of sulfonamides is 1. The number of nitrogens with one attached hydrogen (secondary N) is 1. The van der Waals surface area contributed by atoms with Gasteiger partial charge in [-0.3, -0.25) is 4.72 Å². The highest BCUT2D eigenvalue weighted by Gasteiger charge is 2.12. The van der Waals surface area contributed by atoms with Crippen LogP contribution in [-0.2, 0) is 10.0 Å². The maximum Gasteiger partial charge on any atom is 0.233 e. The Bertz CT molecular complexity index is 465. The predicted molar refractivity (Wildman–Crippen MR) is 64.2 cm³/mol. The van der Waals surface area contributed by atoms with Gasteiger partial charge in [0.05, 0.1) is 16.4 Å². The average molecular weight is 311 g/mol. The summed E-state index contributed by atoms with van der Waals surface area (Å²) in [4.78, 5) is 3.66. The molecule has 1 rings (SSSR count). The van der Waals surface area contributed by atoms with Crippen LogP contribution in [0.5, 0.6) is 0 Å². The van der Waals surface area contributed by atoms with Crippen molar-refractivity contribution in [1.82, 2.24) is 4.98 Å². The molecular formula is C9H12BrFN2O2S. The molecule has 0 spiro atoms. The zero-order chi connectivity index (χ0) is 12.2. The SMILES string of the molecule is CCCCS(=O)(=O)Nc1ncc(F)cc1Br. The van der Waals surface area contributed by atoms with Crippen molar-refractivity contribution in [3.05, 3.63) is 22.6 Å². The van der Waals surface area contributed by atoms with Crippen LogP contribution in [0.2, 0.25) is 0 Å². The summed E-state index contributed by atoms with van der Waals surface area (Å²) in [5.41, 5.74) is 0. The Morgan fingerprint density at radius 1 is 1.56 bits per heavy atom. The van der Waals surface area contributed by atoms with E-state index in [0.29, 0.717) is 6.42 Å². The molecule has 0 atom stereocenters. The van der Waals surface area contributed by atoms with Gasteiger partial charge < -0.3 is 0 Å². The number of nitrogens with zero attached hydrogens (tertiary/aromatic N) is 1. The second-order valence-corrected chi connectivity index (χ2v) is 5.95. The average Bonchev–Trinajstić information content (AvgIpc) is 2.19. The second-order valence-electron chi connectivity index (χ2n) is 3.26. The second kappa shape index (κ2) is 5.58. The van der Waals surface area contributed by atoms with Gasteiger partial charge in [0.15, 0.2) is 5.82 Å². The van der Waals surface area contributed by atoms with Crippen LogP contribution in [-0.4, -0.2) is 19.2 Å². The van der Waals surface area contributed by atoms with Gasteiger partial charge in [0, 0.05) is 0 Å². The molecule has 0 bridgehead atoms. The normalized spacial score (nSPS) is 11.4. The molecule has 1 aromatic heterocycles. The predicted octanol–water partition coefficient (Wildman–Crippen LogP) is 2.53. The highest BCUT2D eigenvalue weighted by Crippen LogP contribution is 2.21. The number of hydrogen-bond donors (Lipinski definition) is 1. The molecule has 0 aromatic carbocycles. The summed E-state index contributed by atoms with van der Waals surface area (Å²) in [6.07, 6.45) is 2.33. The Morgan fingerprint density at radius 2 is 2.25 bits per heavy atom. The van der Waals surface area contributed by atoms with Crippen LogP contribution in [0.25, 0.3) is 0 Å². The molecule has 1 heterocycles. The molecule has 1 aromatic rings. The van der Waals surface area contributed by atoms with Gasteiger partial charge in [-0.2, -0.15) is 0 Å². The smallest absolute Gasteiger partial charge is 0.233 e. The molecule has 0 aliphatic rings. The van der Waals surface area contributed by atoms with E-state index in [1.807, 2.05) is 6.92 Å². The number of unbranched alkanes of at least 4 members (excludes halogenated alkanes) is 1. The van der Waals surface area contributed by atoms with Crippen molar-refractivity contribution in [3.63, 3.8) is 0 Å². The number of pyridine rings is 1. The summed E-state index contributed by atoms with van der Waals surface area (Å²) in [6.45, 7) is 1.90. The van der Waals surface area contributed by atoms with Gasteiger partial charge >= 0.3 is 0 Å². The minimum Gasteiger partial charge on any atom is -0.266 e. The third kappa shape index (κ3) is 4.05. The summed E-state index contributed by atoms with van der Waals surface area (Å²) in [6, 6.07) is 1.16. The van der Waals surface area contributed by atoms with E-state index in [2.05, 4.69) is 25.6 Å². The van der Waals surface area contributed by atoms with Crippen LogP contribution >= 0.6 is 15.9 Å². The first-order valence-corrected chi connectivity index (χ1v) is 7.20. The van der Waals surface area contributed by atoms with Gasteiger partial charge in [0.1, 0.15) is 5.82 Å². The monoisotopic (exact) mass is 310 g/mol. The first kappa shape index (κ1) is 13.4. The van der Waals surface area contributed by atoms with E-state index < -0.39 is 15.8 Å². The maximum atomic E-state index is 12.7. The van der Waals surface area contributed by atoms with E-state index in [1.54, 1.807) is 0 Å². The summed E-state index contributed by atoms with van der Waals surface area (Å²) >= 11 is 3.04. The van der Waals surface area contributed by atoms with Crippen LogP contribution < -0.4 is 4.72 Å². The topological polar surface area (TPSA) is 59.1 Å². The number of hydrogen-bond acceptors (Lipinski definition) is 3. The van der Waals surface area contributed by atoms with Crippen LogP contribution in [0.4, 0.5) is 10.2 Å². The molecule has 90 valence electrons. The van der Waals surface area contributed by atoms with E-state index >= 15 is 0 Å². The molecule has 0 fully saturated rings. The summed E-state index contributed by atoms with van der Waals surface area (Å²) in [5, 5.41) is 0. The molecule has 7 heteroatoms. The van der Waals surface area contributed by atoms with Crippen LogP contribution in [0.1, 0.15) is 19.8 Å². The quantitative estimate of drug-likeness (QED) is 0.909. The Balaban J connectivity index is 2.80. The fourth-order valence-electron chi connectivity index (χ4n) is 1.02. The van der Waals surface area contributed by atoms with Gasteiger partial charge in [-0.1, -0.05) is 13.3 Å². The minimum absolute atomic E-state index is 0.0367. The lowest BCUT2D eigenvalue weighted by Crippen LogP contribution is -2.17. The third-order valence-electron chi connectivity index (χ3n) is 1.83. The van der Waals surface area contributed by atoms with Crippen molar-refractivity contribution in [2.75, 3.05) is 10.5 Å². The molecule has 1 N–H and O–H groups in total. The molecule has 0 saturated heterocycles. The van der Waals surface area contributed by atoms with Gasteiger partial charge in [-0.15, -0.1) is 0 Å². The van der Waals surface area contributed by atoms with Crippen LogP contribution in [0, 0.1) is 5.82 Å². The van der Waals surface area contributed by atoms with Crippen molar-refractivity contribution >= 4 is 31.8 Å². The van der Waals surface area contributed by atoms with Crippen molar-refractivity contribution in [2.45, 2.75) is 19.8 Å². The molecule has 16 heavy (non-hydrogen) atoms. The largest absolute Gasteiger partial charge is 0.266 e. The molecule has 0 aliphatic carbocycles. The van der Waals surface area contributed by atoms with E-state index in [9.17, 15) is 12.8 Å². The first-order chi connectivity index (χ1) is 7.44. The lowest BCUT2D eigenvalue weighted by molar-refractivity contribution is 0.597. The van der Waals surface area contributed by atoms with Crippen molar-refractivity contribution in [2.24, 2.45) is 0 Å². The third-order valence-corrected chi connectivity index (χ3v) is 3.76. The molecule has 0 radical (unpaired) electrons. The Morgan fingerprint density at radius 3 is 2.81 bits per heavy atom. The van der Waals surface area contributed by atoms with Gasteiger partial charge in [-0.25, -0.2) is 17.8 Å².